The van der Waals surface area contributed by atoms with E-state index in [0.29, 0.717) is 0 Å². The van der Waals surface area contributed by atoms with Gasteiger partial charge in [0, 0.05) is 43.6 Å². The first kappa shape index (κ1) is 40.7. The molecular weight excluding hydrogens is 820 g/mol. The molecule has 2 aromatic heterocycles. The number of carboxylic acids is 1. The van der Waals surface area contributed by atoms with Crippen molar-refractivity contribution in [3.05, 3.63) is 103 Å². The Kier molecular flexibility index (Phi) is 11.3. The van der Waals surface area contributed by atoms with Gasteiger partial charge in [0.2, 0.25) is 0 Å². The van der Waals surface area contributed by atoms with E-state index in [-0.39, 0.29) is 72.0 Å². The normalized spacial score (nSPS) is 19.6. The number of halogens is 10. The van der Waals surface area contributed by atoms with Crippen molar-refractivity contribution in [1.29, 1.82) is 0 Å². The summed E-state index contributed by atoms with van der Waals surface area (Å²) in [4.78, 5) is 32.7. The van der Waals surface area contributed by atoms with Gasteiger partial charge < -0.3 is 19.5 Å². The minimum absolute atomic E-state index is 0.0104. The number of aromatic carboxylic acids is 1. The van der Waals surface area contributed by atoms with E-state index >= 15 is 0 Å². The molecule has 0 fully saturated rings. The number of carbonyl (C=O) groups is 2. The molecule has 0 saturated carbocycles. The zero-order chi connectivity index (χ0) is 40.0. The Labute approximate surface area is 320 Å². The summed E-state index contributed by atoms with van der Waals surface area (Å²) in [6.07, 6.45) is -8.74. The molecule has 4 heterocycles. The lowest BCUT2D eigenvalue weighted by Gasteiger charge is -2.29. The van der Waals surface area contributed by atoms with Gasteiger partial charge in [-0.1, -0.05) is 56.7 Å². The molecule has 0 spiro atoms. The van der Waals surface area contributed by atoms with Crippen LogP contribution in [0.15, 0.2) is 59.1 Å². The highest BCUT2D eigenvalue weighted by Gasteiger charge is 2.64. The monoisotopic (exact) mass is 842 g/mol. The number of ether oxygens (including phenoxy) is 1. The van der Waals surface area contributed by atoms with Crippen LogP contribution in [-0.4, -0.2) is 67.2 Å². The van der Waals surface area contributed by atoms with Crippen molar-refractivity contribution in [2.75, 3.05) is 6.61 Å². The van der Waals surface area contributed by atoms with E-state index in [9.17, 15) is 35.9 Å². The summed E-state index contributed by atoms with van der Waals surface area (Å²) in [7, 11) is 0. The number of oxime groups is 2. The molecule has 0 aliphatic carbocycles. The van der Waals surface area contributed by atoms with Crippen LogP contribution in [0, 0.1) is 13.8 Å². The molecule has 2 aliphatic heterocycles. The number of hydrogen-bond acceptors (Lipinski definition) is 9. The van der Waals surface area contributed by atoms with E-state index in [1.165, 1.54) is 32.2 Å². The predicted molar refractivity (Wildman–Crippen MR) is 182 cm³/mol. The van der Waals surface area contributed by atoms with E-state index in [4.69, 9.17) is 65.9 Å². The van der Waals surface area contributed by atoms with Crippen molar-refractivity contribution in [2.24, 2.45) is 10.3 Å². The average Bonchev–Trinajstić information content (AvgIpc) is 3.85. The van der Waals surface area contributed by atoms with Crippen LogP contribution in [0.2, 0.25) is 20.1 Å². The highest BCUT2D eigenvalue weighted by Crippen LogP contribution is 2.50. The molecular formula is C32H24Cl4F6N6O6. The van der Waals surface area contributed by atoms with Crippen LogP contribution >= 0.6 is 46.4 Å². The van der Waals surface area contributed by atoms with Crippen molar-refractivity contribution < 1.29 is 55.5 Å². The van der Waals surface area contributed by atoms with Crippen molar-refractivity contribution in [3.8, 4) is 0 Å². The number of rotatable bonds is 5. The SMILES string of the molecule is CCOC(=O)c1cn(C2=NOC(c3cc(Cl)cc(Cl)c3)(C(F)(F)F)C2)nc1C.Cc1nn(C2=NOC(c3cc(Cl)cc(Cl)c3)(C(F)(F)F)C2)cc1C(=O)O. The molecule has 288 valence electrons. The molecule has 2 aromatic carbocycles. The van der Waals surface area contributed by atoms with Crippen LogP contribution in [0.25, 0.3) is 0 Å². The summed E-state index contributed by atoms with van der Waals surface area (Å²) >= 11 is 23.4. The first-order chi connectivity index (χ1) is 25.1. The van der Waals surface area contributed by atoms with Crippen molar-refractivity contribution in [1.82, 2.24) is 19.6 Å². The van der Waals surface area contributed by atoms with Gasteiger partial charge in [0.1, 0.15) is 11.1 Å². The summed E-state index contributed by atoms with van der Waals surface area (Å²) in [5, 5.41) is 24.2. The fourth-order valence-electron chi connectivity index (χ4n) is 5.40. The van der Waals surface area contributed by atoms with E-state index in [2.05, 4.69) is 20.5 Å². The summed E-state index contributed by atoms with van der Waals surface area (Å²) < 4.78 is 90.4. The van der Waals surface area contributed by atoms with Gasteiger partial charge in [0.25, 0.3) is 11.2 Å². The van der Waals surface area contributed by atoms with Crippen LogP contribution in [0.3, 0.4) is 0 Å². The second kappa shape index (κ2) is 15.0. The summed E-state index contributed by atoms with van der Waals surface area (Å²) in [5.41, 5.74) is -5.79. The highest BCUT2D eigenvalue weighted by atomic mass is 35.5. The Morgan fingerprint density at radius 2 is 1.11 bits per heavy atom. The van der Waals surface area contributed by atoms with Gasteiger partial charge in [-0.2, -0.15) is 36.5 Å². The first-order valence-electron chi connectivity index (χ1n) is 15.2. The molecule has 0 bridgehead atoms. The van der Waals surface area contributed by atoms with E-state index in [1.54, 1.807) is 6.92 Å². The van der Waals surface area contributed by atoms with Gasteiger partial charge in [0.15, 0.2) is 11.7 Å². The lowest BCUT2D eigenvalue weighted by atomic mass is 9.89. The van der Waals surface area contributed by atoms with E-state index in [0.717, 1.165) is 39.8 Å². The fraction of sp³-hybridized carbons (Fsp3) is 0.312. The summed E-state index contributed by atoms with van der Waals surface area (Å²) in [6.45, 7) is 4.75. The number of carbonyl (C=O) groups excluding carboxylic acids is 1. The van der Waals surface area contributed by atoms with Gasteiger partial charge in [0.05, 0.1) is 30.8 Å². The van der Waals surface area contributed by atoms with Gasteiger partial charge >= 0.3 is 24.3 Å². The minimum atomic E-state index is -4.84. The third-order valence-corrected chi connectivity index (χ3v) is 8.93. The quantitative estimate of drug-likeness (QED) is 0.155. The molecule has 4 aromatic rings. The van der Waals surface area contributed by atoms with Crippen molar-refractivity contribution >= 4 is 70.0 Å². The predicted octanol–water partition coefficient (Wildman–Crippen LogP) is 8.95. The number of benzene rings is 2. The summed E-state index contributed by atoms with van der Waals surface area (Å²) in [6, 6.07) is 7.04. The Morgan fingerprint density at radius 1 is 0.741 bits per heavy atom. The molecule has 2 aliphatic rings. The Morgan fingerprint density at radius 3 is 1.44 bits per heavy atom. The van der Waals surface area contributed by atoms with Crippen LogP contribution in [0.1, 0.15) is 63.0 Å². The Hall–Kier alpha value is -4.52. The zero-order valence-electron chi connectivity index (χ0n) is 27.7. The topological polar surface area (TPSA) is 142 Å². The maximum Gasteiger partial charge on any atom is 0.435 e. The molecule has 22 heteroatoms. The Bertz CT molecular complexity index is 2150. The van der Waals surface area contributed by atoms with Crippen molar-refractivity contribution in [3.63, 3.8) is 0 Å². The van der Waals surface area contributed by atoms with Crippen LogP contribution < -0.4 is 0 Å². The second-order valence-corrected chi connectivity index (χ2v) is 13.4. The Balaban J connectivity index is 0.000000208. The molecule has 2 unspecified atom stereocenters. The number of carboxylic acid groups (broad SMARTS) is 1. The second-order valence-electron chi connectivity index (χ2n) is 11.7. The fourth-order valence-corrected chi connectivity index (χ4v) is 6.45. The molecule has 12 nitrogen and oxygen atoms in total. The molecule has 6 rings (SSSR count). The molecule has 0 saturated heterocycles. The lowest BCUT2D eigenvalue weighted by molar-refractivity contribution is -0.276. The molecule has 1 N–H and O–H groups in total. The van der Waals surface area contributed by atoms with Gasteiger partial charge in [-0.15, -0.1) is 0 Å². The number of aryl methyl sites for hydroxylation is 2. The van der Waals surface area contributed by atoms with Crippen LogP contribution in [0.5, 0.6) is 0 Å². The third-order valence-electron chi connectivity index (χ3n) is 8.05. The van der Waals surface area contributed by atoms with Gasteiger partial charge in [-0.25, -0.2) is 19.0 Å². The van der Waals surface area contributed by atoms with Gasteiger partial charge in [-0.05, 0) is 57.2 Å². The molecule has 54 heavy (non-hydrogen) atoms. The van der Waals surface area contributed by atoms with Crippen molar-refractivity contribution in [2.45, 2.75) is 57.2 Å². The third kappa shape index (κ3) is 7.83. The largest absolute Gasteiger partial charge is 0.478 e. The van der Waals surface area contributed by atoms with E-state index in [1.807, 2.05) is 0 Å². The number of hydrogen-bond donors (Lipinski definition) is 1. The molecule has 0 amide bonds. The minimum Gasteiger partial charge on any atom is -0.478 e. The number of aromatic nitrogens is 4. The standard InChI is InChI=1S/C17H14Cl2F3N3O3.C15H10Cl2F3N3O3/c1-3-27-15(26)13-8-25(23-9(13)2)14-7-16(28-24-14,17(20,21)22)10-4-11(18)6-12(19)5-10;1-7-11(13(24)25)6-23(21-7)12-5-14(26-22-12,15(18,19)20)8-2-9(16)4-10(17)3-8/h4-6,8H,3,7H2,1-2H3;2-4,6H,5H2,1H3,(H,24,25). The maximum absolute atomic E-state index is 14.0. The smallest absolute Gasteiger partial charge is 0.435 e. The summed E-state index contributed by atoms with van der Waals surface area (Å²) in [5.74, 6) is -2.22. The average molecular weight is 844 g/mol. The maximum atomic E-state index is 14.0. The molecule has 0 radical (unpaired) electrons. The lowest BCUT2D eigenvalue weighted by Crippen LogP contribution is -2.43. The van der Waals surface area contributed by atoms with Crippen LogP contribution in [-0.2, 0) is 25.6 Å². The highest BCUT2D eigenvalue weighted by molar-refractivity contribution is 6.35. The van der Waals surface area contributed by atoms with Gasteiger partial charge in [-0.3, -0.25) is 0 Å². The number of esters is 1. The van der Waals surface area contributed by atoms with Crippen LogP contribution in [0.4, 0.5) is 26.3 Å². The molecule has 2 atom stereocenters. The zero-order valence-corrected chi connectivity index (χ0v) is 30.7. The number of alkyl halides is 6. The number of nitrogens with zero attached hydrogens (tertiary/aromatic N) is 6. The van der Waals surface area contributed by atoms with E-state index < -0.39 is 48.3 Å². The first-order valence-corrected chi connectivity index (χ1v) is 16.7.